The predicted octanol–water partition coefficient (Wildman–Crippen LogP) is 5.21. The monoisotopic (exact) mass is 438 g/mol. The van der Waals surface area contributed by atoms with E-state index in [1.807, 2.05) is 24.4 Å². The summed E-state index contributed by atoms with van der Waals surface area (Å²) in [4.78, 5) is 14.7. The van der Waals surface area contributed by atoms with E-state index >= 15 is 0 Å². The average Bonchev–Trinajstić information content (AvgIpc) is 3.20. The molecule has 1 aliphatic rings. The number of H-pyrrole nitrogens is 1. The molecule has 0 radical (unpaired) electrons. The third-order valence-corrected chi connectivity index (χ3v) is 5.86. The standard InChI is InChI=1S/C24H21F3N4O/c1-32-19-6-7-21-20(10-19)17(12-28-21)13-31-9-8-16-11-29-23(30-22(16)14-31)15-2-4-18(5-3-15)24(25,26)27/h2-7,10-12,28H,8-9,13-14H2,1H3. The van der Waals surface area contributed by atoms with Gasteiger partial charge in [-0.2, -0.15) is 13.2 Å². The van der Waals surface area contributed by atoms with Gasteiger partial charge >= 0.3 is 6.18 Å². The molecule has 0 aliphatic carbocycles. The maximum atomic E-state index is 12.8. The van der Waals surface area contributed by atoms with Crippen molar-refractivity contribution in [3.8, 4) is 17.1 Å². The molecule has 0 spiro atoms. The summed E-state index contributed by atoms with van der Waals surface area (Å²) < 4.78 is 43.9. The van der Waals surface area contributed by atoms with E-state index in [1.165, 1.54) is 17.7 Å². The number of aromatic amines is 1. The van der Waals surface area contributed by atoms with Crippen LogP contribution in [0.2, 0.25) is 0 Å². The second-order valence-corrected chi connectivity index (χ2v) is 7.93. The van der Waals surface area contributed by atoms with Crippen molar-refractivity contribution in [1.29, 1.82) is 0 Å². The van der Waals surface area contributed by atoms with Crippen LogP contribution < -0.4 is 4.74 Å². The van der Waals surface area contributed by atoms with Gasteiger partial charge in [-0.25, -0.2) is 9.97 Å². The first kappa shape index (κ1) is 20.5. The minimum Gasteiger partial charge on any atom is -0.497 e. The van der Waals surface area contributed by atoms with Crippen molar-refractivity contribution >= 4 is 10.9 Å². The van der Waals surface area contributed by atoms with Crippen molar-refractivity contribution in [2.24, 2.45) is 0 Å². The molecule has 4 aromatic rings. The lowest BCUT2D eigenvalue weighted by atomic mass is 10.0. The Labute approximate surface area is 182 Å². The van der Waals surface area contributed by atoms with Crippen molar-refractivity contribution < 1.29 is 17.9 Å². The van der Waals surface area contributed by atoms with Gasteiger partial charge in [0.25, 0.3) is 0 Å². The third kappa shape index (κ3) is 3.93. The predicted molar refractivity (Wildman–Crippen MR) is 115 cm³/mol. The molecule has 8 heteroatoms. The van der Waals surface area contributed by atoms with E-state index in [9.17, 15) is 13.2 Å². The lowest BCUT2D eigenvalue weighted by molar-refractivity contribution is -0.137. The molecule has 2 aromatic heterocycles. The second-order valence-electron chi connectivity index (χ2n) is 7.93. The zero-order chi connectivity index (χ0) is 22.3. The zero-order valence-electron chi connectivity index (χ0n) is 17.4. The van der Waals surface area contributed by atoms with Gasteiger partial charge in [-0.05, 0) is 47.9 Å². The van der Waals surface area contributed by atoms with E-state index in [-0.39, 0.29) is 0 Å². The van der Waals surface area contributed by atoms with Crippen LogP contribution in [0.4, 0.5) is 13.2 Å². The summed E-state index contributed by atoms with van der Waals surface area (Å²) in [7, 11) is 1.66. The van der Waals surface area contributed by atoms with Crippen LogP contribution in [0.3, 0.4) is 0 Å². The van der Waals surface area contributed by atoms with Gasteiger partial charge in [0.1, 0.15) is 5.75 Å². The smallest absolute Gasteiger partial charge is 0.416 e. The van der Waals surface area contributed by atoms with E-state index < -0.39 is 11.7 Å². The maximum absolute atomic E-state index is 12.8. The molecule has 3 heterocycles. The second kappa shape index (κ2) is 7.94. The molecule has 5 nitrogen and oxygen atoms in total. The van der Waals surface area contributed by atoms with Crippen LogP contribution in [0, 0.1) is 0 Å². The van der Waals surface area contributed by atoms with Gasteiger partial charge in [0.15, 0.2) is 5.82 Å². The molecule has 5 rings (SSSR count). The number of fused-ring (bicyclic) bond motifs is 2. The number of aromatic nitrogens is 3. The molecule has 32 heavy (non-hydrogen) atoms. The number of ether oxygens (including phenoxy) is 1. The quantitative estimate of drug-likeness (QED) is 0.475. The lowest BCUT2D eigenvalue weighted by Gasteiger charge is -2.27. The minimum absolute atomic E-state index is 0.441. The van der Waals surface area contributed by atoms with Crippen LogP contribution in [0.25, 0.3) is 22.3 Å². The summed E-state index contributed by atoms with van der Waals surface area (Å²) in [6.45, 7) is 2.29. The number of hydrogen-bond acceptors (Lipinski definition) is 4. The van der Waals surface area contributed by atoms with Crippen molar-refractivity contribution in [3.63, 3.8) is 0 Å². The Morgan fingerprint density at radius 1 is 1.12 bits per heavy atom. The molecule has 0 atom stereocenters. The summed E-state index contributed by atoms with van der Waals surface area (Å²) >= 11 is 0. The number of rotatable bonds is 4. The fourth-order valence-corrected chi connectivity index (χ4v) is 4.10. The molecule has 164 valence electrons. The molecule has 0 fully saturated rings. The molecule has 0 amide bonds. The lowest BCUT2D eigenvalue weighted by Crippen LogP contribution is -2.31. The Hall–Kier alpha value is -3.39. The highest BCUT2D eigenvalue weighted by Gasteiger charge is 2.30. The van der Waals surface area contributed by atoms with Crippen LogP contribution >= 0.6 is 0 Å². The van der Waals surface area contributed by atoms with Crippen LogP contribution in [-0.2, 0) is 25.7 Å². The number of benzene rings is 2. The SMILES string of the molecule is COc1ccc2[nH]cc(CN3CCc4cnc(-c5ccc(C(F)(F)F)cc5)nc4C3)c2c1. The largest absolute Gasteiger partial charge is 0.497 e. The first-order chi connectivity index (χ1) is 15.4. The van der Waals surface area contributed by atoms with Gasteiger partial charge < -0.3 is 9.72 Å². The molecular formula is C24H21F3N4O. The van der Waals surface area contributed by atoms with Crippen molar-refractivity contribution in [2.45, 2.75) is 25.7 Å². The molecule has 0 unspecified atom stereocenters. The molecule has 0 bridgehead atoms. The Kier molecular flexibility index (Phi) is 5.09. The number of methoxy groups -OCH3 is 1. The summed E-state index contributed by atoms with van der Waals surface area (Å²) in [6.07, 6.45) is 0.285. The summed E-state index contributed by atoms with van der Waals surface area (Å²) in [5.74, 6) is 1.26. The Bertz CT molecular complexity index is 1260. The molecule has 0 saturated carbocycles. The number of hydrogen-bond donors (Lipinski definition) is 1. The zero-order valence-corrected chi connectivity index (χ0v) is 17.4. The maximum Gasteiger partial charge on any atom is 0.416 e. The average molecular weight is 438 g/mol. The normalized spacial score (nSPS) is 14.5. The van der Waals surface area contributed by atoms with Gasteiger partial charge in [-0.3, -0.25) is 4.90 Å². The molecule has 1 aliphatic heterocycles. The molecular weight excluding hydrogens is 417 g/mol. The fourth-order valence-electron chi connectivity index (χ4n) is 4.10. The minimum atomic E-state index is -4.36. The van der Waals surface area contributed by atoms with Crippen LogP contribution in [0.1, 0.15) is 22.4 Å². The molecule has 2 aromatic carbocycles. The van der Waals surface area contributed by atoms with E-state index in [0.29, 0.717) is 17.9 Å². The highest BCUT2D eigenvalue weighted by Crippen LogP contribution is 2.31. The van der Waals surface area contributed by atoms with Crippen molar-refractivity contribution in [2.75, 3.05) is 13.7 Å². The van der Waals surface area contributed by atoms with Crippen LogP contribution in [0.5, 0.6) is 5.75 Å². The van der Waals surface area contributed by atoms with Crippen molar-refractivity contribution in [3.05, 3.63) is 77.2 Å². The summed E-state index contributed by atoms with van der Waals surface area (Å²) in [5.41, 5.74) is 4.13. The van der Waals surface area contributed by atoms with Gasteiger partial charge in [-0.15, -0.1) is 0 Å². The van der Waals surface area contributed by atoms with Gasteiger partial charge in [0.05, 0.1) is 18.4 Å². The third-order valence-electron chi connectivity index (χ3n) is 5.86. The van der Waals surface area contributed by atoms with E-state index in [2.05, 4.69) is 19.9 Å². The van der Waals surface area contributed by atoms with E-state index in [0.717, 1.165) is 59.6 Å². The highest BCUT2D eigenvalue weighted by atomic mass is 19.4. The van der Waals surface area contributed by atoms with Gasteiger partial charge in [-0.1, -0.05) is 12.1 Å². The Morgan fingerprint density at radius 3 is 2.69 bits per heavy atom. The number of alkyl halides is 3. The number of nitrogens with one attached hydrogen (secondary N) is 1. The summed E-state index contributed by atoms with van der Waals surface area (Å²) in [6, 6.07) is 10.9. The van der Waals surface area contributed by atoms with E-state index in [1.54, 1.807) is 13.3 Å². The Morgan fingerprint density at radius 2 is 1.94 bits per heavy atom. The first-order valence-electron chi connectivity index (χ1n) is 10.3. The molecule has 0 saturated heterocycles. The number of halogens is 3. The topological polar surface area (TPSA) is 54.0 Å². The van der Waals surface area contributed by atoms with Gasteiger partial charge in [0.2, 0.25) is 0 Å². The van der Waals surface area contributed by atoms with Gasteiger partial charge in [0, 0.05) is 48.5 Å². The molecule has 1 N–H and O–H groups in total. The number of nitrogens with zero attached hydrogens (tertiary/aromatic N) is 3. The fraction of sp³-hybridized carbons (Fsp3) is 0.250. The first-order valence-corrected chi connectivity index (χ1v) is 10.3. The summed E-state index contributed by atoms with van der Waals surface area (Å²) in [5, 5.41) is 1.13. The van der Waals surface area contributed by atoms with Crippen LogP contribution in [0.15, 0.2) is 54.9 Å². The van der Waals surface area contributed by atoms with Crippen LogP contribution in [-0.4, -0.2) is 33.5 Å². The van der Waals surface area contributed by atoms with E-state index in [4.69, 9.17) is 4.74 Å². The Balaban J connectivity index is 1.37. The van der Waals surface area contributed by atoms with Crippen molar-refractivity contribution in [1.82, 2.24) is 19.9 Å². The highest BCUT2D eigenvalue weighted by molar-refractivity contribution is 5.84.